The van der Waals surface area contributed by atoms with Gasteiger partial charge in [-0.1, -0.05) is 0 Å². The zero-order valence-corrected chi connectivity index (χ0v) is 9.28. The van der Waals surface area contributed by atoms with Crippen molar-refractivity contribution in [2.75, 3.05) is 13.7 Å². The molecule has 1 aromatic rings. The van der Waals surface area contributed by atoms with Gasteiger partial charge in [0.1, 0.15) is 5.82 Å². The SMILES string of the molecule is COCCCc1ncc2n1CC(N)CC2. The molecule has 2 heterocycles. The van der Waals surface area contributed by atoms with E-state index in [2.05, 4.69) is 9.55 Å². The van der Waals surface area contributed by atoms with Crippen LogP contribution < -0.4 is 5.73 Å². The minimum atomic E-state index is 0.299. The van der Waals surface area contributed by atoms with Gasteiger partial charge in [-0.3, -0.25) is 0 Å². The molecule has 0 saturated carbocycles. The highest BCUT2D eigenvalue weighted by atomic mass is 16.5. The molecule has 0 aliphatic carbocycles. The predicted molar refractivity (Wildman–Crippen MR) is 58.7 cm³/mol. The van der Waals surface area contributed by atoms with Crippen molar-refractivity contribution in [2.24, 2.45) is 5.73 Å². The topological polar surface area (TPSA) is 53.1 Å². The van der Waals surface area contributed by atoms with Crippen LogP contribution >= 0.6 is 0 Å². The first-order valence-electron chi connectivity index (χ1n) is 5.59. The lowest BCUT2D eigenvalue weighted by Crippen LogP contribution is -2.32. The third kappa shape index (κ3) is 2.38. The van der Waals surface area contributed by atoms with Crippen molar-refractivity contribution in [1.29, 1.82) is 0 Å². The van der Waals surface area contributed by atoms with Crippen LogP contribution in [0.3, 0.4) is 0 Å². The molecule has 1 aliphatic rings. The molecule has 0 amide bonds. The van der Waals surface area contributed by atoms with E-state index in [1.165, 1.54) is 5.69 Å². The molecule has 84 valence electrons. The van der Waals surface area contributed by atoms with Crippen LogP contribution in [0.25, 0.3) is 0 Å². The third-order valence-corrected chi connectivity index (χ3v) is 2.96. The molecule has 4 nitrogen and oxygen atoms in total. The summed E-state index contributed by atoms with van der Waals surface area (Å²) in [7, 11) is 1.73. The average Bonchev–Trinajstić information content (AvgIpc) is 2.62. The van der Waals surface area contributed by atoms with Crippen LogP contribution in [0.15, 0.2) is 6.20 Å². The first-order valence-corrected chi connectivity index (χ1v) is 5.59. The lowest BCUT2D eigenvalue weighted by molar-refractivity contribution is 0.194. The maximum absolute atomic E-state index is 5.96. The number of ether oxygens (including phenoxy) is 1. The van der Waals surface area contributed by atoms with Crippen molar-refractivity contribution >= 4 is 0 Å². The summed E-state index contributed by atoms with van der Waals surface area (Å²) in [5.41, 5.74) is 7.30. The van der Waals surface area contributed by atoms with E-state index in [-0.39, 0.29) is 0 Å². The molecule has 0 aromatic carbocycles. The van der Waals surface area contributed by atoms with Gasteiger partial charge in [-0.05, 0) is 19.3 Å². The number of nitrogens with zero attached hydrogens (tertiary/aromatic N) is 2. The monoisotopic (exact) mass is 209 g/mol. The number of methoxy groups -OCH3 is 1. The minimum Gasteiger partial charge on any atom is -0.385 e. The number of aromatic nitrogens is 2. The van der Waals surface area contributed by atoms with Gasteiger partial charge < -0.3 is 15.0 Å². The Kier molecular flexibility index (Phi) is 3.38. The molecule has 1 aliphatic heterocycles. The van der Waals surface area contributed by atoms with Crippen molar-refractivity contribution in [2.45, 2.75) is 38.3 Å². The Balaban J connectivity index is 2.02. The Bertz CT molecular complexity index is 322. The maximum atomic E-state index is 5.96. The molecule has 0 radical (unpaired) electrons. The van der Waals surface area contributed by atoms with E-state index in [0.29, 0.717) is 6.04 Å². The van der Waals surface area contributed by atoms with E-state index in [1.807, 2.05) is 6.20 Å². The van der Waals surface area contributed by atoms with Crippen LogP contribution in [0.2, 0.25) is 0 Å². The number of aryl methyl sites for hydroxylation is 2. The average molecular weight is 209 g/mol. The summed E-state index contributed by atoms with van der Waals surface area (Å²) in [5, 5.41) is 0. The summed E-state index contributed by atoms with van der Waals surface area (Å²) >= 11 is 0. The van der Waals surface area contributed by atoms with E-state index >= 15 is 0 Å². The van der Waals surface area contributed by atoms with Gasteiger partial charge in [-0.2, -0.15) is 0 Å². The van der Waals surface area contributed by atoms with E-state index in [4.69, 9.17) is 10.5 Å². The van der Waals surface area contributed by atoms with Gasteiger partial charge in [0, 0.05) is 44.6 Å². The van der Waals surface area contributed by atoms with Crippen molar-refractivity contribution in [3.05, 3.63) is 17.7 Å². The van der Waals surface area contributed by atoms with Gasteiger partial charge in [0.05, 0.1) is 0 Å². The molecule has 2 N–H and O–H groups in total. The minimum absolute atomic E-state index is 0.299. The van der Waals surface area contributed by atoms with Gasteiger partial charge >= 0.3 is 0 Å². The molecule has 0 fully saturated rings. The largest absolute Gasteiger partial charge is 0.385 e. The Labute approximate surface area is 90.4 Å². The predicted octanol–water partition coefficient (Wildman–Crippen LogP) is 0.736. The van der Waals surface area contributed by atoms with Gasteiger partial charge in [-0.25, -0.2) is 4.98 Å². The Morgan fingerprint density at radius 3 is 3.33 bits per heavy atom. The zero-order chi connectivity index (χ0) is 10.7. The van der Waals surface area contributed by atoms with Gasteiger partial charge in [0.15, 0.2) is 0 Å². The summed E-state index contributed by atoms with van der Waals surface area (Å²) in [4.78, 5) is 4.46. The Hall–Kier alpha value is -0.870. The van der Waals surface area contributed by atoms with E-state index < -0.39 is 0 Å². The van der Waals surface area contributed by atoms with Gasteiger partial charge in [0.25, 0.3) is 0 Å². The number of imidazole rings is 1. The summed E-state index contributed by atoms with van der Waals surface area (Å²) in [6.45, 7) is 1.73. The first kappa shape index (κ1) is 10.6. The fraction of sp³-hybridized carbons (Fsp3) is 0.727. The van der Waals surface area contributed by atoms with E-state index in [9.17, 15) is 0 Å². The van der Waals surface area contributed by atoms with Crippen LogP contribution in [-0.4, -0.2) is 29.3 Å². The molecule has 0 saturated heterocycles. The van der Waals surface area contributed by atoms with Gasteiger partial charge in [-0.15, -0.1) is 0 Å². The summed E-state index contributed by atoms with van der Waals surface area (Å²) < 4.78 is 7.33. The van der Waals surface area contributed by atoms with Crippen LogP contribution in [-0.2, 0) is 24.1 Å². The summed E-state index contributed by atoms with van der Waals surface area (Å²) in [5.74, 6) is 1.16. The van der Waals surface area contributed by atoms with E-state index in [0.717, 1.165) is 44.7 Å². The number of rotatable bonds is 4. The fourth-order valence-electron chi connectivity index (χ4n) is 2.11. The smallest absolute Gasteiger partial charge is 0.108 e. The summed E-state index contributed by atoms with van der Waals surface area (Å²) in [6, 6.07) is 0.299. The molecule has 0 spiro atoms. The highest BCUT2D eigenvalue weighted by Crippen LogP contribution is 2.16. The highest BCUT2D eigenvalue weighted by molar-refractivity contribution is 5.09. The highest BCUT2D eigenvalue weighted by Gasteiger charge is 2.18. The second kappa shape index (κ2) is 4.77. The lowest BCUT2D eigenvalue weighted by atomic mass is 10.1. The van der Waals surface area contributed by atoms with Crippen molar-refractivity contribution in [3.8, 4) is 0 Å². The molecule has 15 heavy (non-hydrogen) atoms. The van der Waals surface area contributed by atoms with Crippen molar-refractivity contribution in [1.82, 2.24) is 9.55 Å². The maximum Gasteiger partial charge on any atom is 0.108 e. The number of hydrogen-bond acceptors (Lipinski definition) is 3. The second-order valence-electron chi connectivity index (χ2n) is 4.17. The molecule has 0 bridgehead atoms. The number of hydrogen-bond donors (Lipinski definition) is 1. The van der Waals surface area contributed by atoms with Crippen LogP contribution in [0.4, 0.5) is 0 Å². The molecule has 1 atom stereocenters. The normalized spacial score (nSPS) is 20.3. The molecule has 1 unspecified atom stereocenters. The Morgan fingerprint density at radius 1 is 1.67 bits per heavy atom. The fourth-order valence-corrected chi connectivity index (χ4v) is 2.11. The second-order valence-corrected chi connectivity index (χ2v) is 4.17. The van der Waals surface area contributed by atoms with Crippen molar-refractivity contribution < 1.29 is 4.74 Å². The third-order valence-electron chi connectivity index (χ3n) is 2.96. The van der Waals surface area contributed by atoms with Crippen LogP contribution in [0.5, 0.6) is 0 Å². The van der Waals surface area contributed by atoms with Gasteiger partial charge in [0.2, 0.25) is 0 Å². The molecule has 2 rings (SSSR count). The molecule has 4 heteroatoms. The molecule has 1 aromatic heterocycles. The van der Waals surface area contributed by atoms with Crippen LogP contribution in [0, 0.1) is 0 Å². The quantitative estimate of drug-likeness (QED) is 0.744. The Morgan fingerprint density at radius 2 is 2.53 bits per heavy atom. The summed E-state index contributed by atoms with van der Waals surface area (Å²) in [6.07, 6.45) is 6.17. The number of fused-ring (bicyclic) bond motifs is 1. The molecular weight excluding hydrogens is 190 g/mol. The number of nitrogens with two attached hydrogens (primary N) is 1. The van der Waals surface area contributed by atoms with E-state index in [1.54, 1.807) is 7.11 Å². The molecular formula is C11H19N3O. The standard InChI is InChI=1S/C11H19N3O/c1-15-6-2-3-11-13-7-10-5-4-9(12)8-14(10)11/h7,9H,2-6,8,12H2,1H3. The first-order chi connectivity index (χ1) is 7.31. The van der Waals surface area contributed by atoms with Crippen molar-refractivity contribution in [3.63, 3.8) is 0 Å². The lowest BCUT2D eigenvalue weighted by Gasteiger charge is -2.22. The zero-order valence-electron chi connectivity index (χ0n) is 9.28. The van der Waals surface area contributed by atoms with Crippen LogP contribution in [0.1, 0.15) is 24.4 Å².